The van der Waals surface area contributed by atoms with Crippen molar-refractivity contribution in [1.82, 2.24) is 4.98 Å². The van der Waals surface area contributed by atoms with Gasteiger partial charge < -0.3 is 10.1 Å². The van der Waals surface area contributed by atoms with Crippen LogP contribution in [0.5, 0.6) is 0 Å². The zero-order chi connectivity index (χ0) is 15.6. The number of nitro groups is 2. The van der Waals surface area contributed by atoms with E-state index in [4.69, 9.17) is 0 Å². The van der Waals surface area contributed by atoms with Crippen LogP contribution in [0.2, 0.25) is 0 Å². The van der Waals surface area contributed by atoms with Crippen LogP contribution in [-0.4, -0.2) is 20.6 Å². The van der Waals surface area contributed by atoms with E-state index in [2.05, 4.69) is 4.98 Å². The Bertz CT molecular complexity index is 726. The maximum absolute atomic E-state index is 11.2. The van der Waals surface area contributed by atoms with Gasteiger partial charge in [0, 0.05) is 24.0 Å². The summed E-state index contributed by atoms with van der Waals surface area (Å²) in [4.78, 5) is 35.8. The van der Waals surface area contributed by atoms with Gasteiger partial charge in [0.15, 0.2) is 4.21 Å². The first-order chi connectivity index (χ1) is 9.88. The minimum absolute atomic E-state index is 0.0612. The monoisotopic (exact) mass is 325 g/mol. The largest absolute Gasteiger partial charge is 0.389 e. The van der Waals surface area contributed by atoms with Crippen molar-refractivity contribution >= 4 is 40.4 Å². The van der Waals surface area contributed by atoms with Crippen LogP contribution in [0.3, 0.4) is 0 Å². The third-order valence-corrected chi connectivity index (χ3v) is 4.63. The molecule has 0 aliphatic carbocycles. The molecule has 2 rings (SSSR count). The lowest BCUT2D eigenvalue weighted by molar-refractivity contribution is -0.391. The summed E-state index contributed by atoms with van der Waals surface area (Å²) in [6.07, 6.45) is 0. The molecule has 1 aromatic carbocycles. The van der Waals surface area contributed by atoms with Gasteiger partial charge >= 0.3 is 5.82 Å². The standard InChI is InChI=1S/C11H7N3O5S2/c1-6(15)10-12-9(14(18)19)11(21-10)20-8-4-2-7(3-5-8)13(16)17/h2-5H,1H3. The number of benzene rings is 1. The average molecular weight is 325 g/mol. The van der Waals surface area contributed by atoms with Gasteiger partial charge in [0.1, 0.15) is 0 Å². The SMILES string of the molecule is CC(=O)c1nc([N+](=O)[O-])c(Sc2ccc([N+](=O)[O-])cc2)s1. The van der Waals surface area contributed by atoms with Gasteiger partial charge in [0.05, 0.1) is 4.92 Å². The van der Waals surface area contributed by atoms with Crippen molar-refractivity contribution in [3.8, 4) is 0 Å². The average Bonchev–Trinajstić information content (AvgIpc) is 2.83. The van der Waals surface area contributed by atoms with Crippen LogP contribution >= 0.6 is 23.1 Å². The molecule has 0 saturated carbocycles. The second-order valence-corrected chi connectivity index (χ2v) is 6.14. The number of Topliss-reactive ketones (excluding diaryl/α,β-unsaturated/α-hetero) is 1. The molecular weight excluding hydrogens is 318 g/mol. The molecule has 0 aliphatic rings. The third kappa shape index (κ3) is 3.41. The Hall–Kier alpha value is -2.33. The number of ketones is 1. The molecule has 1 heterocycles. The van der Waals surface area contributed by atoms with Gasteiger partial charge in [0.2, 0.25) is 5.78 Å². The van der Waals surface area contributed by atoms with Gasteiger partial charge in [-0.15, -0.1) is 0 Å². The van der Waals surface area contributed by atoms with Gasteiger partial charge in [-0.3, -0.25) is 14.9 Å². The summed E-state index contributed by atoms with van der Waals surface area (Å²) in [7, 11) is 0. The molecule has 0 fully saturated rings. The van der Waals surface area contributed by atoms with E-state index >= 15 is 0 Å². The van der Waals surface area contributed by atoms with Crippen LogP contribution in [0.15, 0.2) is 33.4 Å². The molecule has 0 radical (unpaired) electrons. The van der Waals surface area contributed by atoms with E-state index in [1.165, 1.54) is 31.2 Å². The number of non-ortho nitro benzene ring substituents is 1. The van der Waals surface area contributed by atoms with Crippen LogP contribution in [0.25, 0.3) is 0 Å². The molecule has 0 bridgehead atoms. The minimum Gasteiger partial charge on any atom is -0.358 e. The number of nitrogens with zero attached hydrogens (tertiary/aromatic N) is 3. The van der Waals surface area contributed by atoms with Crippen LogP contribution < -0.4 is 0 Å². The van der Waals surface area contributed by atoms with Crippen LogP contribution in [0.1, 0.15) is 16.7 Å². The van der Waals surface area contributed by atoms with Crippen molar-refractivity contribution in [1.29, 1.82) is 0 Å². The smallest absolute Gasteiger partial charge is 0.358 e. The van der Waals surface area contributed by atoms with Crippen molar-refractivity contribution in [3.05, 3.63) is 49.5 Å². The maximum atomic E-state index is 11.2. The number of hydrogen-bond donors (Lipinski definition) is 0. The zero-order valence-electron chi connectivity index (χ0n) is 10.5. The lowest BCUT2D eigenvalue weighted by Crippen LogP contribution is -1.93. The van der Waals surface area contributed by atoms with E-state index in [1.807, 2.05) is 0 Å². The molecule has 0 amide bonds. The molecule has 8 nitrogen and oxygen atoms in total. The summed E-state index contributed by atoms with van der Waals surface area (Å²) in [5, 5.41) is 21.5. The summed E-state index contributed by atoms with van der Waals surface area (Å²) in [6.45, 7) is 1.28. The molecule has 0 unspecified atom stereocenters. The lowest BCUT2D eigenvalue weighted by Gasteiger charge is -1.98. The first-order valence-corrected chi connectivity index (χ1v) is 7.10. The van der Waals surface area contributed by atoms with E-state index in [0.717, 1.165) is 23.1 Å². The fourth-order valence-electron chi connectivity index (χ4n) is 1.37. The molecule has 0 saturated heterocycles. The topological polar surface area (TPSA) is 116 Å². The van der Waals surface area contributed by atoms with Gasteiger partial charge in [-0.05, 0) is 22.0 Å². The van der Waals surface area contributed by atoms with Crippen molar-refractivity contribution in [2.45, 2.75) is 16.0 Å². The predicted molar refractivity (Wildman–Crippen MR) is 76.0 cm³/mol. The third-order valence-electron chi connectivity index (χ3n) is 2.31. The normalized spacial score (nSPS) is 10.3. The molecule has 10 heteroatoms. The number of thiazole rings is 1. The zero-order valence-corrected chi connectivity index (χ0v) is 12.1. The quantitative estimate of drug-likeness (QED) is 0.470. The minimum atomic E-state index is -0.656. The summed E-state index contributed by atoms with van der Waals surface area (Å²) in [5.41, 5.74) is -0.0671. The van der Waals surface area contributed by atoms with Crippen molar-refractivity contribution in [2.24, 2.45) is 0 Å². The number of carbonyl (C=O) groups excluding carboxylic acids is 1. The van der Waals surface area contributed by atoms with Gasteiger partial charge in [-0.1, -0.05) is 23.1 Å². The lowest BCUT2D eigenvalue weighted by atomic mass is 10.3. The fraction of sp³-hybridized carbons (Fsp3) is 0.0909. The number of aromatic nitrogens is 1. The van der Waals surface area contributed by atoms with Crippen molar-refractivity contribution in [2.75, 3.05) is 0 Å². The van der Waals surface area contributed by atoms with Crippen LogP contribution in [0.4, 0.5) is 11.5 Å². The molecule has 1 aromatic heterocycles. The maximum Gasteiger partial charge on any atom is 0.389 e. The summed E-state index contributed by atoms with van der Waals surface area (Å²) in [6, 6.07) is 5.58. The second kappa shape index (κ2) is 5.97. The first-order valence-electron chi connectivity index (χ1n) is 5.47. The van der Waals surface area contributed by atoms with Gasteiger partial charge in [-0.2, -0.15) is 0 Å². The highest BCUT2D eigenvalue weighted by Gasteiger charge is 2.26. The highest BCUT2D eigenvalue weighted by atomic mass is 32.2. The highest BCUT2D eigenvalue weighted by molar-refractivity contribution is 8.01. The number of rotatable bonds is 5. The number of carbonyl (C=O) groups is 1. The summed E-state index contributed by atoms with van der Waals surface area (Å²) in [5.74, 6) is -0.729. The Kier molecular flexibility index (Phi) is 4.29. The summed E-state index contributed by atoms with van der Waals surface area (Å²) < 4.78 is 0.263. The highest BCUT2D eigenvalue weighted by Crippen LogP contribution is 2.39. The Morgan fingerprint density at radius 3 is 2.29 bits per heavy atom. The fourth-order valence-corrected chi connectivity index (χ4v) is 3.43. The molecular formula is C11H7N3O5S2. The van der Waals surface area contributed by atoms with Gasteiger partial charge in [0.25, 0.3) is 10.7 Å². The van der Waals surface area contributed by atoms with E-state index in [1.54, 1.807) is 0 Å². The Labute approximate surface area is 126 Å². The molecule has 0 atom stereocenters. The van der Waals surface area contributed by atoms with E-state index in [9.17, 15) is 25.0 Å². The number of nitro benzene ring substituents is 1. The second-order valence-electron chi connectivity index (χ2n) is 3.80. The molecule has 108 valence electrons. The first kappa shape index (κ1) is 15.1. The molecule has 2 aromatic rings. The van der Waals surface area contributed by atoms with Crippen molar-refractivity contribution < 1.29 is 14.6 Å². The van der Waals surface area contributed by atoms with Gasteiger partial charge in [-0.25, -0.2) is 0 Å². The summed E-state index contributed by atoms with van der Waals surface area (Å²) >= 11 is 1.97. The molecule has 0 spiro atoms. The van der Waals surface area contributed by atoms with E-state index in [-0.39, 0.29) is 26.5 Å². The van der Waals surface area contributed by atoms with Crippen molar-refractivity contribution in [3.63, 3.8) is 0 Å². The Morgan fingerprint density at radius 2 is 1.81 bits per heavy atom. The molecule has 0 aliphatic heterocycles. The number of hydrogen-bond acceptors (Lipinski definition) is 8. The Morgan fingerprint density at radius 1 is 1.19 bits per heavy atom. The predicted octanol–water partition coefficient (Wildman–Crippen LogP) is 3.31. The van der Waals surface area contributed by atoms with E-state index < -0.39 is 9.85 Å². The Balaban J connectivity index is 2.32. The molecule has 21 heavy (non-hydrogen) atoms. The van der Waals surface area contributed by atoms with Crippen LogP contribution in [0, 0.1) is 20.2 Å². The van der Waals surface area contributed by atoms with Crippen LogP contribution in [-0.2, 0) is 0 Å². The van der Waals surface area contributed by atoms with E-state index in [0.29, 0.717) is 4.90 Å². The molecule has 0 N–H and O–H groups in total.